The van der Waals surface area contributed by atoms with E-state index in [1.807, 2.05) is 0 Å². The lowest BCUT2D eigenvalue weighted by Gasteiger charge is -2.27. The van der Waals surface area contributed by atoms with Gasteiger partial charge in [0.15, 0.2) is 11.2 Å². The van der Waals surface area contributed by atoms with E-state index in [9.17, 15) is 0 Å². The lowest BCUT2D eigenvalue weighted by Crippen LogP contribution is -2.11. The van der Waals surface area contributed by atoms with Crippen LogP contribution < -0.4 is 9.80 Å². The quantitative estimate of drug-likeness (QED) is 0.152. The molecule has 0 N–H and O–H groups in total. The zero-order chi connectivity index (χ0) is 45.7. The van der Waals surface area contributed by atoms with Crippen molar-refractivity contribution in [1.29, 1.82) is 0 Å². The van der Waals surface area contributed by atoms with Crippen molar-refractivity contribution in [3.8, 4) is 0 Å². The van der Waals surface area contributed by atoms with Gasteiger partial charge < -0.3 is 23.1 Å². The fraction of sp³-hybridized carbons (Fsp3) is 0.188. The second-order valence-corrected chi connectivity index (χ2v) is 19.9. The fourth-order valence-electron chi connectivity index (χ4n) is 12.3. The van der Waals surface area contributed by atoms with Crippen LogP contribution in [-0.2, 0) is 0 Å². The van der Waals surface area contributed by atoms with Gasteiger partial charge in [-0.3, -0.25) is 0 Å². The van der Waals surface area contributed by atoms with Gasteiger partial charge in [-0.25, -0.2) is 0 Å². The topological polar surface area (TPSA) is 45.9 Å². The van der Waals surface area contributed by atoms with E-state index in [1.54, 1.807) is 0 Å². The van der Waals surface area contributed by atoms with Gasteiger partial charge in [-0.15, -0.1) is 0 Å². The van der Waals surface area contributed by atoms with E-state index < -0.39 is 0 Å². The molecule has 5 heteroatoms. The van der Waals surface area contributed by atoms with E-state index >= 15 is 0 Å². The van der Waals surface area contributed by atoms with Crippen LogP contribution in [-0.4, -0.2) is 0 Å². The molecule has 2 aliphatic carbocycles. The first-order chi connectivity index (χ1) is 34.0. The molecule has 0 spiro atoms. The predicted octanol–water partition coefficient (Wildman–Crippen LogP) is 19.4. The Morgan fingerprint density at radius 1 is 0.348 bits per heavy atom. The standard InChI is InChI=1S/C64H52N2O3/c1-39-27-31-43(32-28-39)65(55-25-11-23-52-50-21-9-19-46(41-13-3-4-14-41)61(50)68-63(52)55)45-35-36-54-58(37-45)67-59-38-57(48-17-7-8-18-49(48)60(54)59)66(44-33-29-40(2)30-34-44)56-26-12-24-53-51-22-10-20-47(42-15-5-6-16-42)62(51)69-64(53)56/h7-12,17-38,41-42H,3-6,13-16H2,1-2H3. The SMILES string of the molecule is Cc1ccc(N(c2ccc3c(c2)oc2cc(N(c4ccc(C)cc4)c4cccc5c4oc4c(C6CCCC6)cccc45)c4ccccc4c23)c2cccc3c2oc2c(C4CCCC4)cccc23)cc1. The van der Waals surface area contributed by atoms with Gasteiger partial charge in [0, 0.05) is 61.2 Å². The summed E-state index contributed by atoms with van der Waals surface area (Å²) in [5.41, 5.74) is 16.7. The third-order valence-electron chi connectivity index (χ3n) is 15.7. The second kappa shape index (κ2) is 15.9. The van der Waals surface area contributed by atoms with E-state index in [1.165, 1.54) is 84.4 Å². The van der Waals surface area contributed by atoms with Crippen molar-refractivity contribution in [2.45, 2.75) is 77.0 Å². The maximum Gasteiger partial charge on any atom is 0.159 e. The molecule has 2 fully saturated rings. The zero-order valence-electron chi connectivity index (χ0n) is 39.1. The minimum absolute atomic E-state index is 0.531. The Bertz CT molecular complexity index is 3950. The average Bonchev–Trinajstić information content (AvgIpc) is 4.25. The maximum absolute atomic E-state index is 7.14. The minimum Gasteiger partial charge on any atom is -0.456 e. The highest BCUT2D eigenvalue weighted by Gasteiger charge is 2.28. The summed E-state index contributed by atoms with van der Waals surface area (Å²) in [6.07, 6.45) is 9.97. The van der Waals surface area contributed by atoms with Crippen LogP contribution in [0.4, 0.5) is 34.1 Å². The predicted molar refractivity (Wildman–Crippen MR) is 287 cm³/mol. The van der Waals surface area contributed by atoms with Gasteiger partial charge >= 0.3 is 0 Å². The van der Waals surface area contributed by atoms with Crippen molar-refractivity contribution in [1.82, 2.24) is 0 Å². The van der Waals surface area contributed by atoms with Crippen molar-refractivity contribution in [2.75, 3.05) is 9.80 Å². The first-order valence-electron chi connectivity index (χ1n) is 25.0. The van der Waals surface area contributed by atoms with Crippen LogP contribution in [0.2, 0.25) is 0 Å². The van der Waals surface area contributed by atoms with Crippen LogP contribution >= 0.6 is 0 Å². The third kappa shape index (κ3) is 6.43. The number of hydrogen-bond donors (Lipinski definition) is 0. The summed E-state index contributed by atoms with van der Waals surface area (Å²) in [6, 6.07) is 62.0. The van der Waals surface area contributed by atoms with Gasteiger partial charge in [0.05, 0.1) is 22.7 Å². The summed E-state index contributed by atoms with van der Waals surface area (Å²) in [6.45, 7) is 4.29. The minimum atomic E-state index is 0.531. The highest BCUT2D eigenvalue weighted by Crippen LogP contribution is 2.51. The zero-order valence-corrected chi connectivity index (χ0v) is 39.1. The molecule has 0 bridgehead atoms. The lowest BCUT2D eigenvalue weighted by molar-refractivity contribution is 0.643. The number of aryl methyl sites for hydroxylation is 2. The largest absolute Gasteiger partial charge is 0.456 e. The van der Waals surface area contributed by atoms with Crippen molar-refractivity contribution in [3.63, 3.8) is 0 Å². The van der Waals surface area contributed by atoms with Crippen molar-refractivity contribution < 1.29 is 13.3 Å². The Kier molecular flexibility index (Phi) is 9.30. The number of para-hydroxylation sites is 4. The molecule has 3 heterocycles. The molecular weight excluding hydrogens is 845 g/mol. The van der Waals surface area contributed by atoms with Crippen LogP contribution in [0.3, 0.4) is 0 Å². The van der Waals surface area contributed by atoms with Gasteiger partial charge in [-0.05, 0) is 116 Å². The summed E-state index contributed by atoms with van der Waals surface area (Å²) in [5, 5.41) is 9.06. The van der Waals surface area contributed by atoms with E-state index in [-0.39, 0.29) is 0 Å². The van der Waals surface area contributed by atoms with Crippen molar-refractivity contribution >= 4 is 111 Å². The van der Waals surface area contributed by atoms with Crippen LogP contribution in [0.25, 0.3) is 76.6 Å². The van der Waals surface area contributed by atoms with Gasteiger partial charge in [0.1, 0.15) is 22.3 Å². The van der Waals surface area contributed by atoms with E-state index in [0.717, 1.165) is 99.9 Å². The molecule has 69 heavy (non-hydrogen) atoms. The molecule has 0 saturated heterocycles. The first kappa shape index (κ1) is 40.3. The molecule has 0 unspecified atom stereocenters. The number of nitrogens with zero attached hydrogens (tertiary/aromatic N) is 2. The fourth-order valence-corrected chi connectivity index (χ4v) is 12.3. The number of rotatable bonds is 8. The van der Waals surface area contributed by atoms with Crippen LogP contribution in [0.5, 0.6) is 0 Å². The molecule has 336 valence electrons. The van der Waals surface area contributed by atoms with E-state index in [0.29, 0.717) is 11.8 Å². The molecule has 0 amide bonds. The molecule has 0 radical (unpaired) electrons. The number of hydrogen-bond acceptors (Lipinski definition) is 5. The summed E-state index contributed by atoms with van der Waals surface area (Å²) in [4.78, 5) is 4.71. The first-order valence-corrected chi connectivity index (χ1v) is 25.0. The molecule has 2 aliphatic rings. The Balaban J connectivity index is 0.966. The molecule has 2 saturated carbocycles. The molecule has 9 aromatic carbocycles. The monoisotopic (exact) mass is 896 g/mol. The van der Waals surface area contributed by atoms with Crippen molar-refractivity contribution in [3.05, 3.63) is 192 Å². The van der Waals surface area contributed by atoms with Gasteiger partial charge in [-0.2, -0.15) is 0 Å². The van der Waals surface area contributed by atoms with Crippen LogP contribution in [0.15, 0.2) is 183 Å². The Hall–Kier alpha value is -7.76. The maximum atomic E-state index is 7.14. The number of fused-ring (bicyclic) bond motifs is 11. The Labute approximate surface area is 401 Å². The molecule has 14 rings (SSSR count). The Morgan fingerprint density at radius 3 is 1.38 bits per heavy atom. The number of anilines is 6. The highest BCUT2D eigenvalue weighted by molar-refractivity contribution is 6.23. The number of furan rings is 3. The van der Waals surface area contributed by atoms with E-state index in [4.69, 9.17) is 13.3 Å². The smallest absolute Gasteiger partial charge is 0.159 e. The average molecular weight is 897 g/mol. The van der Waals surface area contributed by atoms with Gasteiger partial charge in [0.25, 0.3) is 0 Å². The van der Waals surface area contributed by atoms with Gasteiger partial charge in [0.2, 0.25) is 0 Å². The van der Waals surface area contributed by atoms with Crippen LogP contribution in [0, 0.1) is 13.8 Å². The normalized spacial score (nSPS) is 14.8. The summed E-state index contributed by atoms with van der Waals surface area (Å²) in [5.74, 6) is 1.07. The van der Waals surface area contributed by atoms with Crippen molar-refractivity contribution in [2.24, 2.45) is 0 Å². The summed E-state index contributed by atoms with van der Waals surface area (Å²) in [7, 11) is 0. The molecule has 5 nitrogen and oxygen atoms in total. The Morgan fingerprint density at radius 2 is 0.812 bits per heavy atom. The lowest BCUT2D eigenvalue weighted by atomic mass is 9.95. The molecule has 3 aromatic heterocycles. The molecule has 0 aliphatic heterocycles. The number of benzene rings is 9. The molecular formula is C64H52N2O3. The summed E-state index contributed by atoms with van der Waals surface area (Å²) >= 11 is 0. The third-order valence-corrected chi connectivity index (χ3v) is 15.7. The molecule has 12 aromatic rings. The van der Waals surface area contributed by atoms with E-state index in [2.05, 4.69) is 194 Å². The van der Waals surface area contributed by atoms with Crippen LogP contribution in [0.1, 0.15) is 85.5 Å². The van der Waals surface area contributed by atoms with Gasteiger partial charge in [-0.1, -0.05) is 146 Å². The second-order valence-electron chi connectivity index (χ2n) is 19.9. The molecule has 0 atom stereocenters. The summed E-state index contributed by atoms with van der Waals surface area (Å²) < 4.78 is 21.3. The highest BCUT2D eigenvalue weighted by atomic mass is 16.3.